The summed E-state index contributed by atoms with van der Waals surface area (Å²) in [4.78, 5) is 24.2. The van der Waals surface area contributed by atoms with Crippen molar-refractivity contribution in [3.8, 4) is 5.75 Å². The first-order valence-electron chi connectivity index (χ1n) is 8.89. The Balaban J connectivity index is 2.21. The first-order chi connectivity index (χ1) is 13.7. The fraction of sp³-hybridized carbons (Fsp3) is 0.300. The molecule has 0 bridgehead atoms. The molecule has 1 unspecified atom stereocenters. The molecule has 1 amide bonds. The second-order valence-corrected chi connectivity index (χ2v) is 8.08. The van der Waals surface area contributed by atoms with E-state index in [1.54, 1.807) is 36.4 Å². The van der Waals surface area contributed by atoms with Crippen LogP contribution in [0.2, 0.25) is 0 Å². The lowest BCUT2D eigenvalue weighted by molar-refractivity contribution is -0.116. The number of methoxy groups -OCH3 is 1. The van der Waals surface area contributed by atoms with Crippen molar-refractivity contribution in [2.45, 2.75) is 19.9 Å². The molecule has 0 fully saturated rings. The number of ether oxygens (including phenoxy) is 2. The molecule has 0 aromatic heterocycles. The van der Waals surface area contributed by atoms with Crippen molar-refractivity contribution in [1.29, 1.82) is 0 Å². The second kappa shape index (κ2) is 9.42. The number of nitrogens with one attached hydrogen (secondary N) is 1. The molecule has 1 atom stereocenters. The summed E-state index contributed by atoms with van der Waals surface area (Å²) in [6.45, 7) is 3.83. The Morgan fingerprint density at radius 2 is 1.66 bits per heavy atom. The highest BCUT2D eigenvalue weighted by molar-refractivity contribution is 7.92. The Labute approximate surface area is 170 Å². The van der Waals surface area contributed by atoms with Gasteiger partial charge in [0.25, 0.3) is 0 Å². The van der Waals surface area contributed by atoms with Crippen molar-refractivity contribution < 1.29 is 27.5 Å². The number of hydrogen-bond donors (Lipinski definition) is 1. The van der Waals surface area contributed by atoms with Gasteiger partial charge in [0, 0.05) is 5.69 Å². The monoisotopic (exact) mass is 420 g/mol. The molecule has 0 spiro atoms. The van der Waals surface area contributed by atoms with E-state index in [4.69, 9.17) is 4.74 Å². The van der Waals surface area contributed by atoms with Gasteiger partial charge in [-0.15, -0.1) is 0 Å². The molecule has 29 heavy (non-hydrogen) atoms. The maximum Gasteiger partial charge on any atom is 0.337 e. The van der Waals surface area contributed by atoms with Crippen molar-refractivity contribution in [1.82, 2.24) is 0 Å². The molecule has 9 heteroatoms. The second-order valence-electron chi connectivity index (χ2n) is 6.22. The Hall–Kier alpha value is -3.07. The molecule has 2 aromatic rings. The number of hydrogen-bond acceptors (Lipinski definition) is 6. The van der Waals surface area contributed by atoms with E-state index in [1.807, 2.05) is 6.92 Å². The number of anilines is 2. The van der Waals surface area contributed by atoms with Gasteiger partial charge >= 0.3 is 5.97 Å². The molecular formula is C20H24N2O6S. The van der Waals surface area contributed by atoms with Crippen molar-refractivity contribution in [2.75, 3.05) is 29.6 Å². The van der Waals surface area contributed by atoms with E-state index in [0.29, 0.717) is 29.3 Å². The van der Waals surface area contributed by atoms with Gasteiger partial charge in [-0.25, -0.2) is 13.2 Å². The van der Waals surface area contributed by atoms with Crippen LogP contribution in [0.5, 0.6) is 5.75 Å². The van der Waals surface area contributed by atoms with Crippen molar-refractivity contribution in [3.63, 3.8) is 0 Å². The lowest BCUT2D eigenvalue weighted by Gasteiger charge is -2.28. The largest absolute Gasteiger partial charge is 0.494 e. The van der Waals surface area contributed by atoms with Crippen LogP contribution in [-0.2, 0) is 19.6 Å². The Kier molecular flexibility index (Phi) is 7.22. The molecule has 0 aliphatic heterocycles. The number of nitrogens with zero attached hydrogens (tertiary/aromatic N) is 1. The highest BCUT2D eigenvalue weighted by Crippen LogP contribution is 2.24. The summed E-state index contributed by atoms with van der Waals surface area (Å²) in [6.07, 6.45) is 1.04. The summed E-state index contributed by atoms with van der Waals surface area (Å²) in [7, 11) is -2.45. The standard InChI is InChI=1S/C20H24N2O6S/c1-5-28-18-12-10-17(11-13-18)22(29(4,25)26)14(2)19(23)21-16-8-6-15(7-9-16)20(24)27-3/h6-14H,5H2,1-4H3,(H,21,23). The fourth-order valence-corrected chi connectivity index (χ4v) is 3.89. The third-order valence-electron chi connectivity index (χ3n) is 4.06. The molecule has 1 N–H and O–H groups in total. The number of sulfonamides is 1. The van der Waals surface area contributed by atoms with Crippen LogP contribution >= 0.6 is 0 Å². The van der Waals surface area contributed by atoms with Gasteiger partial charge in [-0.05, 0) is 62.4 Å². The zero-order valence-corrected chi connectivity index (χ0v) is 17.5. The van der Waals surface area contributed by atoms with E-state index in [-0.39, 0.29) is 0 Å². The molecule has 0 radical (unpaired) electrons. The fourth-order valence-electron chi connectivity index (χ4n) is 2.72. The van der Waals surface area contributed by atoms with Crippen LogP contribution in [0.25, 0.3) is 0 Å². The molecule has 0 heterocycles. The summed E-state index contributed by atoms with van der Waals surface area (Å²) in [5, 5.41) is 2.66. The van der Waals surface area contributed by atoms with Crippen molar-refractivity contribution in [2.24, 2.45) is 0 Å². The summed E-state index contributed by atoms with van der Waals surface area (Å²) in [5.41, 5.74) is 1.11. The summed E-state index contributed by atoms with van der Waals surface area (Å²) in [6, 6.07) is 11.5. The Bertz CT molecular complexity index is 955. The van der Waals surface area contributed by atoms with Crippen LogP contribution in [0, 0.1) is 0 Å². The first-order valence-corrected chi connectivity index (χ1v) is 10.7. The summed E-state index contributed by atoms with van der Waals surface area (Å²) < 4.78 is 35.8. The number of carbonyl (C=O) groups is 2. The normalized spacial score (nSPS) is 12.0. The molecule has 0 aliphatic carbocycles. The molecule has 156 valence electrons. The predicted octanol–water partition coefficient (Wildman–Crippen LogP) is 2.67. The Morgan fingerprint density at radius 1 is 1.07 bits per heavy atom. The highest BCUT2D eigenvalue weighted by atomic mass is 32.2. The third-order valence-corrected chi connectivity index (χ3v) is 5.31. The third kappa shape index (κ3) is 5.71. The van der Waals surface area contributed by atoms with E-state index in [2.05, 4.69) is 10.1 Å². The van der Waals surface area contributed by atoms with Gasteiger partial charge in [-0.3, -0.25) is 9.10 Å². The van der Waals surface area contributed by atoms with Crippen molar-refractivity contribution >= 4 is 33.3 Å². The van der Waals surface area contributed by atoms with Crippen LogP contribution in [-0.4, -0.2) is 46.3 Å². The molecule has 2 rings (SSSR count). The van der Waals surface area contributed by atoms with Crippen molar-refractivity contribution in [3.05, 3.63) is 54.1 Å². The van der Waals surface area contributed by atoms with E-state index in [9.17, 15) is 18.0 Å². The Morgan fingerprint density at radius 3 is 2.14 bits per heavy atom. The zero-order valence-electron chi connectivity index (χ0n) is 16.7. The molecule has 8 nitrogen and oxygen atoms in total. The van der Waals surface area contributed by atoms with E-state index >= 15 is 0 Å². The first kappa shape index (κ1) is 22.2. The predicted molar refractivity (Wildman–Crippen MR) is 111 cm³/mol. The van der Waals surface area contributed by atoms with E-state index in [0.717, 1.165) is 10.6 Å². The smallest absolute Gasteiger partial charge is 0.337 e. The number of esters is 1. The average Bonchev–Trinajstić information content (AvgIpc) is 2.68. The minimum Gasteiger partial charge on any atom is -0.494 e. The SMILES string of the molecule is CCOc1ccc(N(C(C)C(=O)Nc2ccc(C(=O)OC)cc2)S(C)(=O)=O)cc1. The number of benzene rings is 2. The molecular weight excluding hydrogens is 396 g/mol. The lowest BCUT2D eigenvalue weighted by atomic mass is 10.2. The van der Waals surface area contributed by atoms with Crippen LogP contribution in [0.4, 0.5) is 11.4 Å². The number of amides is 1. The summed E-state index contributed by atoms with van der Waals surface area (Å²) >= 11 is 0. The molecule has 2 aromatic carbocycles. The van der Waals surface area contributed by atoms with Gasteiger partial charge in [0.15, 0.2) is 0 Å². The summed E-state index contributed by atoms with van der Waals surface area (Å²) in [5.74, 6) is -0.405. The number of carbonyl (C=O) groups excluding carboxylic acids is 2. The zero-order chi connectivity index (χ0) is 21.6. The molecule has 0 aliphatic rings. The average molecular weight is 420 g/mol. The minimum absolute atomic E-state index is 0.339. The van der Waals surface area contributed by atoms with Gasteiger partial charge in [-0.1, -0.05) is 0 Å². The van der Waals surface area contributed by atoms with Crippen LogP contribution in [0.15, 0.2) is 48.5 Å². The lowest BCUT2D eigenvalue weighted by Crippen LogP contribution is -2.45. The quantitative estimate of drug-likeness (QED) is 0.659. The van der Waals surface area contributed by atoms with Crippen LogP contribution < -0.4 is 14.4 Å². The van der Waals surface area contributed by atoms with Gasteiger partial charge in [-0.2, -0.15) is 0 Å². The minimum atomic E-state index is -3.73. The van der Waals surface area contributed by atoms with Gasteiger partial charge in [0.05, 0.1) is 31.2 Å². The van der Waals surface area contributed by atoms with Crippen LogP contribution in [0.3, 0.4) is 0 Å². The van der Waals surface area contributed by atoms with Gasteiger partial charge in [0.1, 0.15) is 11.8 Å². The highest BCUT2D eigenvalue weighted by Gasteiger charge is 2.29. The van der Waals surface area contributed by atoms with Crippen LogP contribution in [0.1, 0.15) is 24.2 Å². The number of rotatable bonds is 8. The van der Waals surface area contributed by atoms with Gasteiger partial charge in [0.2, 0.25) is 15.9 Å². The molecule has 0 saturated heterocycles. The van der Waals surface area contributed by atoms with Gasteiger partial charge < -0.3 is 14.8 Å². The maximum atomic E-state index is 12.7. The van der Waals surface area contributed by atoms with E-state index < -0.39 is 27.9 Å². The topological polar surface area (TPSA) is 102 Å². The maximum absolute atomic E-state index is 12.7. The van der Waals surface area contributed by atoms with E-state index in [1.165, 1.54) is 26.2 Å². The molecule has 0 saturated carbocycles.